The molecule has 3 nitrogen and oxygen atoms in total. The van der Waals surface area contributed by atoms with Gasteiger partial charge in [-0.15, -0.1) is 0 Å². The molecule has 0 aliphatic heterocycles. The highest BCUT2D eigenvalue weighted by Gasteiger charge is 2.38. The van der Waals surface area contributed by atoms with Crippen molar-refractivity contribution in [3.05, 3.63) is 32.7 Å². The van der Waals surface area contributed by atoms with E-state index in [0.717, 1.165) is 28.2 Å². The smallest absolute Gasteiger partial charge is 0.252 e. The zero-order valence-corrected chi connectivity index (χ0v) is 14.8. The first-order valence-corrected chi connectivity index (χ1v) is 8.55. The molecule has 1 aliphatic rings. The summed E-state index contributed by atoms with van der Waals surface area (Å²) < 4.78 is 1.69. The monoisotopic (exact) mass is 402 g/mol. The molecule has 20 heavy (non-hydrogen) atoms. The van der Waals surface area contributed by atoms with Crippen LogP contribution in [0.1, 0.15) is 43.0 Å². The van der Waals surface area contributed by atoms with Crippen molar-refractivity contribution in [2.24, 2.45) is 11.7 Å². The van der Waals surface area contributed by atoms with Gasteiger partial charge in [0.05, 0.1) is 11.1 Å². The van der Waals surface area contributed by atoms with Crippen LogP contribution in [0.15, 0.2) is 27.1 Å². The molecule has 1 aromatic rings. The van der Waals surface area contributed by atoms with Gasteiger partial charge in [-0.1, -0.05) is 35.7 Å². The van der Waals surface area contributed by atoms with E-state index in [0.29, 0.717) is 18.0 Å². The van der Waals surface area contributed by atoms with Gasteiger partial charge >= 0.3 is 0 Å². The second-order valence-corrected chi connectivity index (χ2v) is 7.36. The van der Waals surface area contributed by atoms with Gasteiger partial charge in [-0.3, -0.25) is 4.79 Å². The van der Waals surface area contributed by atoms with Crippen molar-refractivity contribution >= 4 is 37.8 Å². The van der Waals surface area contributed by atoms with E-state index < -0.39 is 0 Å². The van der Waals surface area contributed by atoms with E-state index in [4.69, 9.17) is 5.73 Å². The van der Waals surface area contributed by atoms with Gasteiger partial charge in [0.2, 0.25) is 0 Å². The molecule has 5 heteroatoms. The number of halogens is 2. The van der Waals surface area contributed by atoms with Crippen molar-refractivity contribution in [1.82, 2.24) is 5.32 Å². The number of carbonyl (C=O) groups is 1. The maximum absolute atomic E-state index is 12.6. The molecule has 1 aromatic carbocycles. The summed E-state index contributed by atoms with van der Waals surface area (Å²) in [4.78, 5) is 12.6. The molecule has 3 N–H and O–H groups in total. The van der Waals surface area contributed by atoms with E-state index in [1.54, 1.807) is 0 Å². The Hall–Kier alpha value is -0.390. The Morgan fingerprint density at radius 3 is 2.85 bits per heavy atom. The van der Waals surface area contributed by atoms with Crippen LogP contribution in [0, 0.1) is 5.92 Å². The average Bonchev–Trinajstić information content (AvgIpc) is 2.44. The molecular formula is C15H20Br2N2O. The molecule has 1 fully saturated rings. The molecule has 2 rings (SSSR count). The van der Waals surface area contributed by atoms with E-state index in [1.807, 2.05) is 18.2 Å². The number of rotatable bonds is 3. The minimum absolute atomic E-state index is 0.0580. The van der Waals surface area contributed by atoms with Gasteiger partial charge in [0, 0.05) is 15.5 Å². The number of carbonyl (C=O) groups excluding carboxylic acids is 1. The van der Waals surface area contributed by atoms with E-state index in [-0.39, 0.29) is 11.4 Å². The highest BCUT2D eigenvalue weighted by Crippen LogP contribution is 2.33. The lowest BCUT2D eigenvalue weighted by Crippen LogP contribution is -2.59. The van der Waals surface area contributed by atoms with Crippen LogP contribution in [0.5, 0.6) is 0 Å². The third kappa shape index (κ3) is 3.26. The quantitative estimate of drug-likeness (QED) is 0.805. The van der Waals surface area contributed by atoms with Crippen LogP contribution in [0.4, 0.5) is 0 Å². The molecule has 110 valence electrons. The Morgan fingerprint density at radius 2 is 2.20 bits per heavy atom. The summed E-state index contributed by atoms with van der Waals surface area (Å²) in [5, 5.41) is 3.20. The fourth-order valence-electron chi connectivity index (χ4n) is 2.92. The van der Waals surface area contributed by atoms with Crippen LogP contribution in [0.25, 0.3) is 0 Å². The number of hydrogen-bond acceptors (Lipinski definition) is 2. The van der Waals surface area contributed by atoms with Crippen LogP contribution in [-0.4, -0.2) is 18.0 Å². The lowest BCUT2D eigenvalue weighted by molar-refractivity contribution is 0.0812. The zero-order valence-electron chi connectivity index (χ0n) is 11.6. The predicted octanol–water partition coefficient (Wildman–Crippen LogP) is 3.85. The first-order valence-electron chi connectivity index (χ1n) is 6.96. The van der Waals surface area contributed by atoms with Gasteiger partial charge in [-0.25, -0.2) is 0 Å². The molecule has 1 aliphatic carbocycles. The van der Waals surface area contributed by atoms with Gasteiger partial charge in [-0.2, -0.15) is 0 Å². The van der Waals surface area contributed by atoms with Crippen LogP contribution < -0.4 is 11.1 Å². The fourth-order valence-corrected chi connectivity index (χ4v) is 3.71. The van der Waals surface area contributed by atoms with Crippen molar-refractivity contribution in [2.75, 3.05) is 6.54 Å². The number of nitrogens with two attached hydrogens (primary N) is 1. The van der Waals surface area contributed by atoms with Gasteiger partial charge in [0.25, 0.3) is 5.91 Å². The summed E-state index contributed by atoms with van der Waals surface area (Å²) in [6, 6.07) is 5.61. The van der Waals surface area contributed by atoms with Crippen molar-refractivity contribution in [1.29, 1.82) is 0 Å². The van der Waals surface area contributed by atoms with Gasteiger partial charge < -0.3 is 11.1 Å². The normalized spacial score (nSPS) is 26.3. The Kier molecular flexibility index (Phi) is 5.26. The summed E-state index contributed by atoms with van der Waals surface area (Å²) in [5.41, 5.74) is 6.36. The Balaban J connectivity index is 2.23. The molecule has 2 atom stereocenters. The minimum Gasteiger partial charge on any atom is -0.345 e. The molecule has 0 bridgehead atoms. The third-order valence-corrected chi connectivity index (χ3v) is 5.54. The minimum atomic E-state index is -0.267. The second-order valence-electron chi connectivity index (χ2n) is 5.59. The number of hydrogen-bond donors (Lipinski definition) is 2. The standard InChI is InChI=1S/C15H20Br2N2O/c1-10-4-2-3-7-15(10,9-18)19-14(20)12-8-11(16)5-6-13(12)17/h5-6,8,10H,2-4,7,9,18H2,1H3,(H,19,20). The predicted molar refractivity (Wildman–Crippen MR) is 88.7 cm³/mol. The summed E-state index contributed by atoms with van der Waals surface area (Å²) in [7, 11) is 0. The topological polar surface area (TPSA) is 55.1 Å². The van der Waals surface area contributed by atoms with Crippen molar-refractivity contribution in [3.63, 3.8) is 0 Å². The number of benzene rings is 1. The molecule has 1 saturated carbocycles. The van der Waals surface area contributed by atoms with E-state index >= 15 is 0 Å². The van der Waals surface area contributed by atoms with E-state index in [1.165, 1.54) is 6.42 Å². The molecule has 1 amide bonds. The highest BCUT2D eigenvalue weighted by molar-refractivity contribution is 9.11. The summed E-state index contributed by atoms with van der Waals surface area (Å²) in [6.07, 6.45) is 4.43. The van der Waals surface area contributed by atoms with Crippen molar-refractivity contribution in [2.45, 2.75) is 38.1 Å². The van der Waals surface area contributed by atoms with Gasteiger partial charge in [0.1, 0.15) is 0 Å². The van der Waals surface area contributed by atoms with Crippen molar-refractivity contribution in [3.8, 4) is 0 Å². The second kappa shape index (κ2) is 6.58. The SMILES string of the molecule is CC1CCCCC1(CN)NC(=O)c1cc(Br)ccc1Br. The molecule has 0 saturated heterocycles. The Morgan fingerprint density at radius 1 is 1.45 bits per heavy atom. The lowest BCUT2D eigenvalue weighted by Gasteiger charge is -2.42. The van der Waals surface area contributed by atoms with Crippen LogP contribution >= 0.6 is 31.9 Å². The molecule has 0 aromatic heterocycles. The number of amides is 1. The summed E-state index contributed by atoms with van der Waals surface area (Å²) in [6.45, 7) is 2.67. The molecular weight excluding hydrogens is 384 g/mol. The van der Waals surface area contributed by atoms with E-state index in [9.17, 15) is 4.79 Å². The van der Waals surface area contributed by atoms with Crippen molar-refractivity contribution < 1.29 is 4.79 Å². The van der Waals surface area contributed by atoms with Crippen LogP contribution in [0.3, 0.4) is 0 Å². The van der Waals surface area contributed by atoms with E-state index in [2.05, 4.69) is 44.1 Å². The zero-order chi connectivity index (χ0) is 14.8. The molecule has 2 unspecified atom stereocenters. The third-order valence-electron chi connectivity index (χ3n) is 4.35. The van der Waals surface area contributed by atoms with Gasteiger partial charge in [-0.05, 0) is 52.9 Å². The molecule has 0 heterocycles. The van der Waals surface area contributed by atoms with Crippen LogP contribution in [0.2, 0.25) is 0 Å². The molecule has 0 spiro atoms. The summed E-state index contributed by atoms with van der Waals surface area (Å²) in [5.74, 6) is 0.355. The Bertz CT molecular complexity index is 507. The average molecular weight is 404 g/mol. The highest BCUT2D eigenvalue weighted by atomic mass is 79.9. The Labute approximate surface area is 136 Å². The molecule has 0 radical (unpaired) electrons. The first-order chi connectivity index (χ1) is 9.48. The maximum atomic E-state index is 12.6. The largest absolute Gasteiger partial charge is 0.345 e. The first kappa shape index (κ1) is 16.0. The fraction of sp³-hybridized carbons (Fsp3) is 0.533. The van der Waals surface area contributed by atoms with Crippen LogP contribution in [-0.2, 0) is 0 Å². The lowest BCUT2D eigenvalue weighted by atomic mass is 9.73. The maximum Gasteiger partial charge on any atom is 0.252 e. The number of nitrogens with one attached hydrogen (secondary N) is 1. The van der Waals surface area contributed by atoms with Gasteiger partial charge in [0.15, 0.2) is 0 Å². The summed E-state index contributed by atoms with van der Waals surface area (Å²) >= 11 is 6.84.